The number of nitrogens with one attached hydrogen (secondary N) is 1. The summed E-state index contributed by atoms with van der Waals surface area (Å²) in [4.78, 5) is 21.0. The lowest BCUT2D eigenvalue weighted by Gasteiger charge is -2.34. The van der Waals surface area contributed by atoms with Crippen LogP contribution in [0, 0.1) is 0 Å². The van der Waals surface area contributed by atoms with Gasteiger partial charge in [-0.1, -0.05) is 13.0 Å². The molecule has 1 aliphatic rings. The molecule has 0 saturated carbocycles. The predicted octanol–water partition coefficient (Wildman–Crippen LogP) is 1.40. The third-order valence-electron chi connectivity index (χ3n) is 3.98. The third-order valence-corrected chi connectivity index (χ3v) is 6.36. The molecular formula is C16H20N4O3S2. The molecule has 2 aromatic rings. The first kappa shape index (κ1) is 17.8. The molecule has 0 atom stereocenters. The normalized spacial score (nSPS) is 15.4. The Kier molecular flexibility index (Phi) is 5.36. The van der Waals surface area contributed by atoms with Crippen molar-refractivity contribution in [2.45, 2.75) is 11.8 Å². The van der Waals surface area contributed by atoms with Crippen molar-refractivity contribution in [2.24, 2.45) is 0 Å². The van der Waals surface area contributed by atoms with Crippen molar-refractivity contribution in [1.29, 1.82) is 0 Å². The van der Waals surface area contributed by atoms with E-state index >= 15 is 0 Å². The van der Waals surface area contributed by atoms with Gasteiger partial charge in [0.2, 0.25) is 10.0 Å². The molecule has 0 spiro atoms. The van der Waals surface area contributed by atoms with E-state index in [1.807, 2.05) is 5.38 Å². The lowest BCUT2D eigenvalue weighted by molar-refractivity contribution is 0.0746. The average Bonchev–Trinajstić information content (AvgIpc) is 3.16. The molecule has 0 unspecified atom stereocenters. The highest BCUT2D eigenvalue weighted by atomic mass is 32.2. The molecule has 25 heavy (non-hydrogen) atoms. The van der Waals surface area contributed by atoms with Crippen LogP contribution in [-0.4, -0.2) is 56.9 Å². The highest BCUT2D eigenvalue weighted by Gasteiger charge is 2.24. The highest BCUT2D eigenvalue weighted by Crippen LogP contribution is 2.20. The largest absolute Gasteiger partial charge is 0.345 e. The quantitative estimate of drug-likeness (QED) is 0.848. The molecule has 1 N–H and O–H groups in total. The molecule has 0 radical (unpaired) electrons. The summed E-state index contributed by atoms with van der Waals surface area (Å²) in [6.45, 7) is 4.63. The number of thiazole rings is 1. The number of carbonyl (C=O) groups excluding carboxylic acids is 1. The monoisotopic (exact) mass is 380 g/mol. The van der Waals surface area contributed by atoms with E-state index in [1.165, 1.54) is 12.1 Å². The van der Waals surface area contributed by atoms with Crippen molar-refractivity contribution in [3.05, 3.63) is 41.4 Å². The second-order valence-corrected chi connectivity index (χ2v) is 8.26. The standard InChI is InChI=1S/C16H20N4O3S2/c1-2-18-25(22,23)14-5-3-4-13(12-14)15(21)19-7-9-20(10-8-19)16-17-6-11-24-16/h3-6,11-12,18H,2,7-10H2,1H3. The van der Waals surface area contributed by atoms with E-state index in [0.717, 1.165) is 5.13 Å². The Hall–Kier alpha value is -1.97. The summed E-state index contributed by atoms with van der Waals surface area (Å²) in [6.07, 6.45) is 1.77. The molecular weight excluding hydrogens is 360 g/mol. The molecule has 1 saturated heterocycles. The van der Waals surface area contributed by atoms with Crippen LogP contribution in [-0.2, 0) is 10.0 Å². The summed E-state index contributed by atoms with van der Waals surface area (Å²) in [7, 11) is -3.57. The molecule has 134 valence electrons. The summed E-state index contributed by atoms with van der Waals surface area (Å²) >= 11 is 1.58. The van der Waals surface area contributed by atoms with E-state index < -0.39 is 10.0 Å². The van der Waals surface area contributed by atoms with Gasteiger partial charge in [-0.25, -0.2) is 18.1 Å². The van der Waals surface area contributed by atoms with Gasteiger partial charge in [0.25, 0.3) is 5.91 Å². The van der Waals surface area contributed by atoms with E-state index in [4.69, 9.17) is 0 Å². The molecule has 9 heteroatoms. The number of rotatable bonds is 5. The van der Waals surface area contributed by atoms with E-state index in [2.05, 4.69) is 14.6 Å². The Bertz CT molecular complexity index is 829. The lowest BCUT2D eigenvalue weighted by Crippen LogP contribution is -2.48. The molecule has 7 nitrogen and oxygen atoms in total. The SMILES string of the molecule is CCNS(=O)(=O)c1cccc(C(=O)N2CCN(c3nccs3)CC2)c1. The molecule has 1 fully saturated rings. The minimum atomic E-state index is -3.57. The Morgan fingerprint density at radius 3 is 2.68 bits per heavy atom. The zero-order valence-electron chi connectivity index (χ0n) is 13.9. The second kappa shape index (κ2) is 7.51. The number of nitrogens with zero attached hydrogens (tertiary/aromatic N) is 3. The van der Waals surface area contributed by atoms with Crippen molar-refractivity contribution in [1.82, 2.24) is 14.6 Å². The van der Waals surface area contributed by atoms with Gasteiger partial charge in [-0.05, 0) is 18.2 Å². The maximum Gasteiger partial charge on any atom is 0.254 e. The first-order valence-electron chi connectivity index (χ1n) is 8.04. The van der Waals surface area contributed by atoms with Gasteiger partial charge in [0.15, 0.2) is 5.13 Å². The van der Waals surface area contributed by atoms with Crippen LogP contribution in [0.25, 0.3) is 0 Å². The Morgan fingerprint density at radius 1 is 1.28 bits per heavy atom. The lowest BCUT2D eigenvalue weighted by atomic mass is 10.2. The first-order valence-corrected chi connectivity index (χ1v) is 10.4. The van der Waals surface area contributed by atoms with Gasteiger partial charge in [0, 0.05) is 49.9 Å². The molecule has 1 aromatic carbocycles. The van der Waals surface area contributed by atoms with Crippen LogP contribution in [0.2, 0.25) is 0 Å². The van der Waals surface area contributed by atoms with Gasteiger partial charge in [0.1, 0.15) is 0 Å². The third kappa shape index (κ3) is 4.00. The van der Waals surface area contributed by atoms with Crippen molar-refractivity contribution in [3.8, 4) is 0 Å². The fourth-order valence-electron chi connectivity index (χ4n) is 2.73. The van der Waals surface area contributed by atoms with Crippen molar-refractivity contribution in [2.75, 3.05) is 37.6 Å². The minimum absolute atomic E-state index is 0.113. The van der Waals surface area contributed by atoms with Crippen LogP contribution in [0.5, 0.6) is 0 Å². The van der Waals surface area contributed by atoms with Crippen LogP contribution in [0.15, 0.2) is 40.7 Å². The van der Waals surface area contributed by atoms with Crippen molar-refractivity contribution in [3.63, 3.8) is 0 Å². The number of piperazine rings is 1. The fourth-order valence-corrected chi connectivity index (χ4v) is 4.51. The van der Waals surface area contributed by atoms with Crippen LogP contribution >= 0.6 is 11.3 Å². The summed E-state index contributed by atoms with van der Waals surface area (Å²) in [6, 6.07) is 6.19. The van der Waals surface area contributed by atoms with E-state index in [9.17, 15) is 13.2 Å². The van der Waals surface area contributed by atoms with Gasteiger partial charge in [-0.2, -0.15) is 0 Å². The molecule has 1 aliphatic heterocycles. The van der Waals surface area contributed by atoms with Crippen molar-refractivity contribution < 1.29 is 13.2 Å². The summed E-state index contributed by atoms with van der Waals surface area (Å²) in [5.74, 6) is -0.146. The number of carbonyl (C=O) groups is 1. The maximum atomic E-state index is 12.7. The topological polar surface area (TPSA) is 82.6 Å². The summed E-state index contributed by atoms with van der Waals surface area (Å²) in [5, 5.41) is 2.90. The number of hydrogen-bond donors (Lipinski definition) is 1. The Balaban J connectivity index is 1.70. The Labute approximate surface area is 151 Å². The smallest absolute Gasteiger partial charge is 0.254 e. The predicted molar refractivity (Wildman–Crippen MR) is 97.5 cm³/mol. The van der Waals surface area contributed by atoms with Gasteiger partial charge >= 0.3 is 0 Å². The maximum absolute atomic E-state index is 12.7. The zero-order chi connectivity index (χ0) is 17.9. The summed E-state index contributed by atoms with van der Waals surface area (Å²) < 4.78 is 26.7. The van der Waals surface area contributed by atoms with E-state index in [1.54, 1.807) is 41.5 Å². The average molecular weight is 380 g/mol. The number of amides is 1. The number of aromatic nitrogens is 1. The molecule has 0 aliphatic carbocycles. The Morgan fingerprint density at radius 2 is 2.04 bits per heavy atom. The minimum Gasteiger partial charge on any atom is -0.345 e. The highest BCUT2D eigenvalue weighted by molar-refractivity contribution is 7.89. The van der Waals surface area contributed by atoms with Crippen LogP contribution in [0.1, 0.15) is 17.3 Å². The van der Waals surface area contributed by atoms with E-state index in [0.29, 0.717) is 38.3 Å². The van der Waals surface area contributed by atoms with Gasteiger partial charge < -0.3 is 9.80 Å². The second-order valence-electron chi connectivity index (χ2n) is 5.62. The van der Waals surface area contributed by atoms with Gasteiger partial charge in [0.05, 0.1) is 4.90 Å². The number of hydrogen-bond acceptors (Lipinski definition) is 6. The number of anilines is 1. The molecule has 1 amide bonds. The van der Waals surface area contributed by atoms with Crippen LogP contribution < -0.4 is 9.62 Å². The summed E-state index contributed by atoms with van der Waals surface area (Å²) in [5.41, 5.74) is 0.390. The van der Waals surface area contributed by atoms with Crippen LogP contribution in [0.3, 0.4) is 0 Å². The fraction of sp³-hybridized carbons (Fsp3) is 0.375. The molecule has 0 bridgehead atoms. The van der Waals surface area contributed by atoms with Gasteiger partial charge in [-0.15, -0.1) is 11.3 Å². The van der Waals surface area contributed by atoms with Gasteiger partial charge in [-0.3, -0.25) is 4.79 Å². The molecule has 2 heterocycles. The van der Waals surface area contributed by atoms with E-state index in [-0.39, 0.29) is 10.8 Å². The molecule has 1 aromatic heterocycles. The number of benzene rings is 1. The van der Waals surface area contributed by atoms with Crippen molar-refractivity contribution >= 4 is 32.4 Å². The zero-order valence-corrected chi connectivity index (χ0v) is 15.5. The first-order chi connectivity index (χ1) is 12.0. The van der Waals surface area contributed by atoms with Crippen LogP contribution in [0.4, 0.5) is 5.13 Å². The molecule has 3 rings (SSSR count). The number of sulfonamides is 1.